The number of unbranched alkanes of at least 4 members (excludes halogenated alkanes) is 1. The van der Waals surface area contributed by atoms with Crippen molar-refractivity contribution < 1.29 is 24.5 Å². The van der Waals surface area contributed by atoms with Crippen LogP contribution < -0.4 is 5.11 Å². The van der Waals surface area contributed by atoms with Gasteiger partial charge in [-0.3, -0.25) is 4.79 Å². The van der Waals surface area contributed by atoms with E-state index in [1.165, 1.54) is 0 Å². The van der Waals surface area contributed by atoms with E-state index in [1.54, 1.807) is 6.92 Å². The van der Waals surface area contributed by atoms with Crippen LogP contribution in [0.2, 0.25) is 0 Å². The minimum atomic E-state index is -1.17. The molecule has 1 rings (SSSR count). The summed E-state index contributed by atoms with van der Waals surface area (Å²) in [5.41, 5.74) is 1.84. The highest BCUT2D eigenvalue weighted by Gasteiger charge is 2.41. The number of aliphatic hydroxyl groups is 1. The van der Waals surface area contributed by atoms with Gasteiger partial charge in [0.2, 0.25) is 0 Å². The molecular weight excluding hydrogens is 296 g/mol. The maximum absolute atomic E-state index is 11.1. The Morgan fingerprint density at radius 2 is 2.04 bits per heavy atom. The predicted molar refractivity (Wildman–Crippen MR) is 85.2 cm³/mol. The summed E-state index contributed by atoms with van der Waals surface area (Å²) in [6.45, 7) is 5.81. The molecule has 1 aliphatic heterocycles. The topological polar surface area (TPSA) is 86.7 Å². The van der Waals surface area contributed by atoms with Gasteiger partial charge in [0, 0.05) is 0 Å². The maximum atomic E-state index is 11.1. The van der Waals surface area contributed by atoms with Crippen LogP contribution in [0, 0.1) is 11.8 Å². The number of ether oxygens (including phenoxy) is 1. The smallest absolute Gasteiger partial charge is 0.315 e. The van der Waals surface area contributed by atoms with Crippen LogP contribution >= 0.6 is 0 Å². The van der Waals surface area contributed by atoms with E-state index in [9.17, 15) is 14.7 Å². The van der Waals surface area contributed by atoms with Crippen LogP contribution in [-0.4, -0.2) is 29.8 Å². The van der Waals surface area contributed by atoms with Gasteiger partial charge < -0.3 is 19.7 Å². The molecule has 0 aromatic rings. The van der Waals surface area contributed by atoms with Gasteiger partial charge in [0.05, 0.1) is 12.6 Å². The number of allylic oxidation sites excluding steroid dienone is 3. The molecule has 0 spiro atoms. The van der Waals surface area contributed by atoms with E-state index in [0.29, 0.717) is 11.5 Å². The highest BCUT2D eigenvalue weighted by atomic mass is 16.6. The highest BCUT2D eigenvalue weighted by molar-refractivity contribution is 5.79. The third-order valence-corrected chi connectivity index (χ3v) is 4.14. The Kier molecular flexibility index (Phi) is 8.03. The fourth-order valence-corrected chi connectivity index (χ4v) is 3.02. The first kappa shape index (κ1) is 19.4. The molecule has 5 heteroatoms. The van der Waals surface area contributed by atoms with Gasteiger partial charge >= 0.3 is 5.97 Å². The number of carboxylic acids is 1. The first-order chi connectivity index (χ1) is 10.8. The lowest BCUT2D eigenvalue weighted by Crippen LogP contribution is -2.47. The molecule has 130 valence electrons. The fourth-order valence-electron chi connectivity index (χ4n) is 3.02. The van der Waals surface area contributed by atoms with Gasteiger partial charge in [-0.1, -0.05) is 31.4 Å². The van der Waals surface area contributed by atoms with Crippen molar-refractivity contribution in [1.29, 1.82) is 0 Å². The zero-order chi connectivity index (χ0) is 17.4. The summed E-state index contributed by atoms with van der Waals surface area (Å²) in [5.74, 6) is -1.26. The minimum absolute atomic E-state index is 0.109. The third-order valence-electron chi connectivity index (χ3n) is 4.14. The second-order valence-electron chi connectivity index (χ2n) is 6.56. The number of esters is 1. The van der Waals surface area contributed by atoms with Crippen molar-refractivity contribution >= 4 is 11.9 Å². The largest absolute Gasteiger partial charge is 0.545 e. The van der Waals surface area contributed by atoms with Crippen LogP contribution in [0.5, 0.6) is 0 Å². The van der Waals surface area contributed by atoms with Crippen LogP contribution in [0.15, 0.2) is 23.3 Å². The summed E-state index contributed by atoms with van der Waals surface area (Å²) in [4.78, 5) is 21.5. The van der Waals surface area contributed by atoms with Gasteiger partial charge in [-0.2, -0.15) is 0 Å². The average molecular weight is 323 g/mol. The number of hydrogen-bond acceptors (Lipinski definition) is 5. The molecule has 1 N–H and O–H groups in total. The number of carbonyl (C=O) groups is 2. The molecule has 0 aliphatic carbocycles. The molecule has 1 saturated heterocycles. The number of cyclic esters (lactones) is 1. The van der Waals surface area contributed by atoms with Crippen LogP contribution in [0.1, 0.15) is 52.9 Å². The standard InChI is InChI=1S/C18H28O5/c1-12(8-13(2)9-14(3)10-17(20)21)6-4-5-7-16-15(11-19)18(22)23-16/h9-10,12,15-16,19H,4-8,11H2,1-3H3,(H,20,21)/p-1/b13-9+,14-10+/t12-,15-,16-/m1/s1. The Hall–Kier alpha value is -1.62. The summed E-state index contributed by atoms with van der Waals surface area (Å²) in [5, 5.41) is 19.5. The van der Waals surface area contributed by atoms with Crippen molar-refractivity contribution in [2.75, 3.05) is 6.61 Å². The number of carboxylic acid groups (broad SMARTS) is 1. The summed E-state index contributed by atoms with van der Waals surface area (Å²) in [6.07, 6.45) is 7.71. The SMILES string of the molecule is CC(=C\C(=O)[O-])/C=C(\C)C[C@H](C)CCCC[C@H]1OC(=O)[C@@H]1CO. The van der Waals surface area contributed by atoms with Gasteiger partial charge in [-0.05, 0) is 50.7 Å². The van der Waals surface area contributed by atoms with Crippen molar-refractivity contribution in [3.63, 3.8) is 0 Å². The highest BCUT2D eigenvalue weighted by Crippen LogP contribution is 2.27. The number of carbonyl (C=O) groups excluding carboxylic acids is 2. The predicted octanol–water partition coefficient (Wildman–Crippen LogP) is 1.75. The van der Waals surface area contributed by atoms with Crippen molar-refractivity contribution in [1.82, 2.24) is 0 Å². The van der Waals surface area contributed by atoms with Crippen LogP contribution in [0.25, 0.3) is 0 Å². The van der Waals surface area contributed by atoms with E-state index < -0.39 is 5.97 Å². The molecule has 1 fully saturated rings. The normalized spacial score (nSPS) is 23.2. The zero-order valence-electron chi connectivity index (χ0n) is 14.2. The number of aliphatic carboxylic acids is 1. The van der Waals surface area contributed by atoms with E-state index in [-0.39, 0.29) is 24.6 Å². The Morgan fingerprint density at radius 3 is 2.61 bits per heavy atom. The lowest BCUT2D eigenvalue weighted by Gasteiger charge is -2.33. The molecule has 0 unspecified atom stereocenters. The average Bonchev–Trinajstić information content (AvgIpc) is 2.40. The monoisotopic (exact) mass is 323 g/mol. The molecule has 3 atom stereocenters. The minimum Gasteiger partial charge on any atom is -0.545 e. The summed E-state index contributed by atoms with van der Waals surface area (Å²) in [7, 11) is 0. The Balaban J connectivity index is 2.21. The Morgan fingerprint density at radius 1 is 1.35 bits per heavy atom. The van der Waals surface area contributed by atoms with Crippen molar-refractivity contribution in [3.8, 4) is 0 Å². The van der Waals surface area contributed by atoms with Crippen LogP contribution in [-0.2, 0) is 14.3 Å². The zero-order valence-corrected chi connectivity index (χ0v) is 14.2. The second-order valence-corrected chi connectivity index (χ2v) is 6.56. The van der Waals surface area contributed by atoms with Gasteiger partial charge in [-0.25, -0.2) is 0 Å². The summed E-state index contributed by atoms with van der Waals surface area (Å²) >= 11 is 0. The molecule has 0 aromatic heterocycles. The Labute approximate surface area is 138 Å². The van der Waals surface area contributed by atoms with Gasteiger partial charge in [-0.15, -0.1) is 0 Å². The lowest BCUT2D eigenvalue weighted by molar-refractivity contribution is -0.297. The molecule has 0 radical (unpaired) electrons. The number of aliphatic hydroxyl groups excluding tert-OH is 1. The number of rotatable bonds is 10. The molecule has 0 aromatic carbocycles. The maximum Gasteiger partial charge on any atom is 0.315 e. The summed E-state index contributed by atoms with van der Waals surface area (Å²) in [6, 6.07) is 0. The quantitative estimate of drug-likeness (QED) is 0.286. The lowest BCUT2D eigenvalue weighted by atomic mass is 9.91. The molecule has 1 aliphatic rings. The van der Waals surface area contributed by atoms with Crippen molar-refractivity contribution in [2.24, 2.45) is 11.8 Å². The first-order valence-electron chi connectivity index (χ1n) is 8.21. The molecule has 0 bridgehead atoms. The van der Waals surface area contributed by atoms with Gasteiger partial charge in [0.25, 0.3) is 0 Å². The summed E-state index contributed by atoms with van der Waals surface area (Å²) < 4.78 is 5.02. The molecule has 0 amide bonds. The van der Waals surface area contributed by atoms with E-state index >= 15 is 0 Å². The molecule has 1 heterocycles. The Bertz CT molecular complexity index is 478. The van der Waals surface area contributed by atoms with E-state index in [0.717, 1.165) is 43.8 Å². The molecule has 23 heavy (non-hydrogen) atoms. The second kappa shape index (κ2) is 9.50. The first-order valence-corrected chi connectivity index (χ1v) is 8.21. The van der Waals surface area contributed by atoms with Gasteiger partial charge in [0.1, 0.15) is 12.0 Å². The fraction of sp³-hybridized carbons (Fsp3) is 0.667. The van der Waals surface area contributed by atoms with Crippen LogP contribution in [0.3, 0.4) is 0 Å². The molecular formula is C18H27O5-. The van der Waals surface area contributed by atoms with Crippen molar-refractivity contribution in [3.05, 3.63) is 23.3 Å². The van der Waals surface area contributed by atoms with Gasteiger partial charge in [0.15, 0.2) is 0 Å². The molecule has 0 saturated carbocycles. The molecule has 5 nitrogen and oxygen atoms in total. The van der Waals surface area contributed by atoms with E-state index in [4.69, 9.17) is 9.84 Å². The van der Waals surface area contributed by atoms with Crippen LogP contribution in [0.4, 0.5) is 0 Å². The van der Waals surface area contributed by atoms with Crippen molar-refractivity contribution in [2.45, 2.75) is 59.0 Å². The van der Waals surface area contributed by atoms with E-state index in [1.807, 2.05) is 13.0 Å². The van der Waals surface area contributed by atoms with E-state index in [2.05, 4.69) is 6.92 Å². The third kappa shape index (κ3) is 6.99. The number of hydrogen-bond donors (Lipinski definition) is 1.